The van der Waals surface area contributed by atoms with Crippen molar-refractivity contribution in [2.75, 3.05) is 0 Å². The van der Waals surface area contributed by atoms with Crippen LogP contribution in [0.1, 0.15) is 29.7 Å². The zero-order valence-corrected chi connectivity index (χ0v) is 17.8. The van der Waals surface area contributed by atoms with Crippen LogP contribution in [-0.4, -0.2) is 14.1 Å². The van der Waals surface area contributed by atoms with Crippen LogP contribution in [0.15, 0.2) is 76.3 Å². The van der Waals surface area contributed by atoms with Crippen LogP contribution in [0, 0.1) is 0 Å². The molecule has 0 bridgehead atoms. The summed E-state index contributed by atoms with van der Waals surface area (Å²) in [4.78, 5) is 30.8. The van der Waals surface area contributed by atoms with Gasteiger partial charge in [-0.05, 0) is 23.6 Å². The lowest BCUT2D eigenvalue weighted by molar-refractivity contribution is 0.703. The molecule has 0 spiro atoms. The van der Waals surface area contributed by atoms with Gasteiger partial charge in [0.15, 0.2) is 0 Å². The number of fused-ring (bicyclic) bond motifs is 2. The van der Waals surface area contributed by atoms with Crippen LogP contribution >= 0.6 is 0 Å². The van der Waals surface area contributed by atoms with E-state index in [9.17, 15) is 9.59 Å². The molecular formula is C26H23N3O2. The number of nitrogens with zero attached hydrogens (tertiary/aromatic N) is 3. The smallest absolute Gasteiger partial charge is 0.280 e. The standard InChI is InChI=1S/C26H23N3O2/c1-16-14-19(17-10-6-4-7-11-17)15-20-21(16)22(18-12-8-5-9-13-18)23-24(27-20)28(2)26(31)29(3)25(23)30/h4-14,19H,15H2,1-3H3. The number of aromatic nitrogens is 3. The van der Waals surface area contributed by atoms with Crippen molar-refractivity contribution in [3.05, 3.63) is 104 Å². The molecule has 1 aliphatic rings. The highest BCUT2D eigenvalue weighted by Gasteiger charge is 2.27. The van der Waals surface area contributed by atoms with Gasteiger partial charge >= 0.3 is 5.69 Å². The Bertz CT molecular complexity index is 1460. The first-order chi connectivity index (χ1) is 15.0. The number of benzene rings is 2. The molecule has 1 unspecified atom stereocenters. The number of hydrogen-bond acceptors (Lipinski definition) is 3. The molecule has 0 fully saturated rings. The summed E-state index contributed by atoms with van der Waals surface area (Å²) in [5, 5.41) is 0.487. The second kappa shape index (κ2) is 7.20. The van der Waals surface area contributed by atoms with E-state index in [0.717, 1.165) is 38.9 Å². The van der Waals surface area contributed by atoms with Crippen molar-refractivity contribution in [2.24, 2.45) is 14.1 Å². The highest BCUT2D eigenvalue weighted by molar-refractivity contribution is 5.99. The third-order valence-corrected chi connectivity index (χ3v) is 6.21. The lowest BCUT2D eigenvalue weighted by atomic mass is 9.80. The maximum Gasteiger partial charge on any atom is 0.332 e. The number of aryl methyl sites for hydroxylation is 1. The van der Waals surface area contributed by atoms with Crippen LogP contribution in [0.5, 0.6) is 0 Å². The molecule has 0 saturated heterocycles. The van der Waals surface area contributed by atoms with E-state index in [4.69, 9.17) is 4.98 Å². The first kappa shape index (κ1) is 19.2. The van der Waals surface area contributed by atoms with Gasteiger partial charge in [0, 0.05) is 37.6 Å². The molecule has 0 aliphatic heterocycles. The Morgan fingerprint density at radius 1 is 0.871 bits per heavy atom. The van der Waals surface area contributed by atoms with Crippen molar-refractivity contribution in [1.82, 2.24) is 14.1 Å². The van der Waals surface area contributed by atoms with Crippen LogP contribution < -0.4 is 11.2 Å². The third kappa shape index (κ3) is 2.96. The second-order valence-electron chi connectivity index (χ2n) is 8.15. The summed E-state index contributed by atoms with van der Waals surface area (Å²) in [6, 6.07) is 20.3. The number of allylic oxidation sites excluding steroid dienone is 2. The van der Waals surface area contributed by atoms with Crippen molar-refractivity contribution in [1.29, 1.82) is 0 Å². The Labute approximate surface area is 179 Å². The lowest BCUT2D eigenvalue weighted by Crippen LogP contribution is -2.38. The highest BCUT2D eigenvalue weighted by Crippen LogP contribution is 2.41. The van der Waals surface area contributed by atoms with Gasteiger partial charge in [0.1, 0.15) is 5.65 Å². The topological polar surface area (TPSA) is 56.9 Å². The van der Waals surface area contributed by atoms with E-state index >= 15 is 0 Å². The molecule has 31 heavy (non-hydrogen) atoms. The molecule has 1 atom stereocenters. The van der Waals surface area contributed by atoms with E-state index in [1.165, 1.54) is 17.2 Å². The van der Waals surface area contributed by atoms with Gasteiger partial charge in [-0.25, -0.2) is 9.78 Å². The molecule has 0 amide bonds. The van der Waals surface area contributed by atoms with E-state index in [1.54, 1.807) is 7.05 Å². The number of hydrogen-bond donors (Lipinski definition) is 0. The predicted molar refractivity (Wildman–Crippen MR) is 124 cm³/mol. The predicted octanol–water partition coefficient (Wildman–Crippen LogP) is 4.04. The molecule has 4 aromatic rings. The van der Waals surface area contributed by atoms with E-state index in [0.29, 0.717) is 11.0 Å². The summed E-state index contributed by atoms with van der Waals surface area (Å²) in [5.41, 5.74) is 5.81. The number of rotatable bonds is 2. The van der Waals surface area contributed by atoms with E-state index in [2.05, 4.69) is 25.1 Å². The van der Waals surface area contributed by atoms with Gasteiger partial charge < -0.3 is 0 Å². The molecular weight excluding hydrogens is 386 g/mol. The van der Waals surface area contributed by atoms with Crippen molar-refractivity contribution < 1.29 is 0 Å². The van der Waals surface area contributed by atoms with E-state index < -0.39 is 0 Å². The van der Waals surface area contributed by atoms with Gasteiger partial charge in [0.05, 0.1) is 11.1 Å². The fourth-order valence-electron chi connectivity index (χ4n) is 4.67. The van der Waals surface area contributed by atoms with Gasteiger partial charge in [-0.15, -0.1) is 0 Å². The molecule has 5 heteroatoms. The minimum atomic E-state index is -0.369. The normalized spacial score (nSPS) is 15.6. The summed E-state index contributed by atoms with van der Waals surface area (Å²) in [5.74, 6) is 0.200. The van der Waals surface area contributed by atoms with Gasteiger partial charge in [0.25, 0.3) is 5.56 Å². The van der Waals surface area contributed by atoms with E-state index in [1.807, 2.05) is 48.5 Å². The third-order valence-electron chi connectivity index (χ3n) is 6.21. The Morgan fingerprint density at radius 3 is 2.19 bits per heavy atom. The van der Waals surface area contributed by atoms with Crippen LogP contribution in [0.25, 0.3) is 27.7 Å². The summed E-state index contributed by atoms with van der Waals surface area (Å²) in [7, 11) is 3.20. The van der Waals surface area contributed by atoms with Gasteiger partial charge in [-0.2, -0.15) is 0 Å². The van der Waals surface area contributed by atoms with Crippen LogP contribution in [0.2, 0.25) is 0 Å². The Morgan fingerprint density at radius 2 is 1.52 bits per heavy atom. The van der Waals surface area contributed by atoms with Gasteiger partial charge in [-0.1, -0.05) is 66.7 Å². The molecule has 5 nitrogen and oxygen atoms in total. The SMILES string of the molecule is CC1=CC(c2ccccc2)Cc2nc3c(c(-c4ccccc4)c21)c(=O)n(C)c(=O)n3C. The maximum absolute atomic E-state index is 13.3. The minimum absolute atomic E-state index is 0.200. The molecule has 1 aliphatic carbocycles. The van der Waals surface area contributed by atoms with Crippen molar-refractivity contribution in [3.8, 4) is 11.1 Å². The van der Waals surface area contributed by atoms with Crippen LogP contribution in [0.3, 0.4) is 0 Å². The van der Waals surface area contributed by atoms with Crippen molar-refractivity contribution in [3.63, 3.8) is 0 Å². The minimum Gasteiger partial charge on any atom is -0.280 e. The Hall–Kier alpha value is -3.73. The first-order valence-corrected chi connectivity index (χ1v) is 10.4. The molecule has 0 radical (unpaired) electrons. The van der Waals surface area contributed by atoms with Gasteiger partial charge in [-0.3, -0.25) is 13.9 Å². The molecule has 2 heterocycles. The molecule has 2 aromatic heterocycles. The quantitative estimate of drug-likeness (QED) is 0.502. The summed E-state index contributed by atoms with van der Waals surface area (Å²) in [6.45, 7) is 2.08. The van der Waals surface area contributed by atoms with Crippen molar-refractivity contribution >= 4 is 16.6 Å². The maximum atomic E-state index is 13.3. The van der Waals surface area contributed by atoms with Crippen molar-refractivity contribution in [2.45, 2.75) is 19.3 Å². The van der Waals surface area contributed by atoms with Gasteiger partial charge in [0.2, 0.25) is 0 Å². The largest absolute Gasteiger partial charge is 0.332 e. The first-order valence-electron chi connectivity index (χ1n) is 10.4. The van der Waals surface area contributed by atoms with E-state index in [-0.39, 0.29) is 17.2 Å². The average Bonchev–Trinajstić information content (AvgIpc) is 2.81. The highest BCUT2D eigenvalue weighted by atomic mass is 16.2. The summed E-state index contributed by atoms with van der Waals surface area (Å²) >= 11 is 0. The average molecular weight is 409 g/mol. The zero-order chi connectivity index (χ0) is 21.7. The van der Waals surface area contributed by atoms with Crippen LogP contribution in [0.4, 0.5) is 0 Å². The number of pyridine rings is 1. The monoisotopic (exact) mass is 409 g/mol. The Balaban J connectivity index is 1.90. The fraction of sp³-hybridized carbons (Fsp3) is 0.192. The van der Waals surface area contributed by atoms with Crippen LogP contribution in [-0.2, 0) is 20.5 Å². The molecule has 2 aromatic carbocycles. The second-order valence-corrected chi connectivity index (χ2v) is 8.15. The fourth-order valence-corrected chi connectivity index (χ4v) is 4.67. The zero-order valence-electron chi connectivity index (χ0n) is 17.8. The Kier molecular flexibility index (Phi) is 4.47. The summed E-state index contributed by atoms with van der Waals surface area (Å²) in [6.07, 6.45) is 2.99. The molecule has 154 valence electrons. The summed E-state index contributed by atoms with van der Waals surface area (Å²) < 4.78 is 2.64. The molecule has 0 N–H and O–H groups in total. The lowest BCUT2D eigenvalue weighted by Gasteiger charge is -2.26. The molecule has 5 rings (SSSR count). The molecule has 0 saturated carbocycles.